The van der Waals surface area contributed by atoms with Crippen molar-refractivity contribution in [2.24, 2.45) is 0 Å². The second kappa shape index (κ2) is 7.10. The molecule has 0 aliphatic carbocycles. The van der Waals surface area contributed by atoms with E-state index in [1.165, 1.54) is 0 Å². The fraction of sp³-hybridized carbons (Fsp3) is 0.600. The van der Waals surface area contributed by atoms with Gasteiger partial charge in [-0.3, -0.25) is 0 Å². The third-order valence-electron chi connectivity index (χ3n) is 1.84. The minimum Gasteiger partial charge on any atom is -0.461 e. The van der Waals surface area contributed by atoms with Gasteiger partial charge < -0.3 is 18.9 Å². The quantitative estimate of drug-likeness (QED) is 0.508. The van der Waals surface area contributed by atoms with Crippen LogP contribution in [0.1, 0.15) is 12.0 Å². The van der Waals surface area contributed by atoms with E-state index < -0.39 is 6.29 Å². The lowest BCUT2D eigenvalue weighted by molar-refractivity contribution is -0.109. The van der Waals surface area contributed by atoms with Gasteiger partial charge in [-0.05, 0) is 6.07 Å². The predicted molar refractivity (Wildman–Crippen MR) is 56.2 cm³/mol. The van der Waals surface area contributed by atoms with E-state index in [4.69, 9.17) is 18.9 Å². The molecular weight excluding hydrogens is 212 g/mol. The zero-order valence-corrected chi connectivity index (χ0v) is 9.67. The topological polar surface area (TPSA) is 62.7 Å². The lowest BCUT2D eigenvalue weighted by atomic mass is 10.4. The van der Waals surface area contributed by atoms with Crippen molar-refractivity contribution in [3.63, 3.8) is 0 Å². The van der Waals surface area contributed by atoms with Gasteiger partial charge in [0.25, 0.3) is 0 Å². The summed E-state index contributed by atoms with van der Waals surface area (Å²) in [7, 11) is 4.69. The molecule has 0 saturated heterocycles. The Balaban J connectivity index is 2.62. The van der Waals surface area contributed by atoms with E-state index in [2.05, 4.69) is 9.97 Å². The highest BCUT2D eigenvalue weighted by atomic mass is 16.7. The number of methoxy groups -OCH3 is 3. The van der Waals surface area contributed by atoms with Crippen LogP contribution in [0.4, 0.5) is 0 Å². The molecule has 0 aliphatic rings. The SMILES string of the molecule is COCCOc1nccc(C(OC)OC)n1. The van der Waals surface area contributed by atoms with Gasteiger partial charge >= 0.3 is 6.01 Å². The van der Waals surface area contributed by atoms with Gasteiger partial charge in [0, 0.05) is 27.5 Å². The first kappa shape index (κ1) is 12.8. The van der Waals surface area contributed by atoms with E-state index in [0.717, 1.165) is 0 Å². The second-order valence-electron chi connectivity index (χ2n) is 2.91. The Kier molecular flexibility index (Phi) is 5.69. The normalized spacial score (nSPS) is 10.8. The molecule has 0 spiro atoms. The first-order valence-corrected chi connectivity index (χ1v) is 4.82. The van der Waals surface area contributed by atoms with Gasteiger partial charge in [-0.2, -0.15) is 4.98 Å². The molecule has 1 aromatic heterocycles. The number of nitrogens with zero attached hydrogens (tertiary/aromatic N) is 2. The zero-order valence-electron chi connectivity index (χ0n) is 9.67. The van der Waals surface area contributed by atoms with Crippen LogP contribution in [0.25, 0.3) is 0 Å². The summed E-state index contributed by atoms with van der Waals surface area (Å²) in [6, 6.07) is 1.99. The molecule has 1 aromatic rings. The summed E-state index contributed by atoms with van der Waals surface area (Å²) in [5.41, 5.74) is 0.618. The fourth-order valence-corrected chi connectivity index (χ4v) is 1.11. The molecule has 6 heteroatoms. The van der Waals surface area contributed by atoms with Gasteiger partial charge in [0.1, 0.15) is 12.3 Å². The molecule has 0 atom stereocenters. The van der Waals surface area contributed by atoms with E-state index in [9.17, 15) is 0 Å². The van der Waals surface area contributed by atoms with E-state index in [1.54, 1.807) is 33.6 Å². The standard InChI is InChI=1S/C10H16N2O4/c1-13-6-7-16-10-11-5-4-8(12-10)9(14-2)15-3/h4-5,9H,6-7H2,1-3H3. The monoisotopic (exact) mass is 228 g/mol. The van der Waals surface area contributed by atoms with Crippen LogP contribution >= 0.6 is 0 Å². The first-order chi connectivity index (χ1) is 7.81. The molecule has 0 aliphatic heterocycles. The minimum absolute atomic E-state index is 0.286. The molecule has 0 radical (unpaired) electrons. The molecule has 90 valence electrons. The highest BCUT2D eigenvalue weighted by Gasteiger charge is 2.11. The summed E-state index contributed by atoms with van der Waals surface area (Å²) in [5, 5.41) is 0. The zero-order chi connectivity index (χ0) is 11.8. The highest BCUT2D eigenvalue weighted by Crippen LogP contribution is 2.15. The maximum Gasteiger partial charge on any atom is 0.316 e. The van der Waals surface area contributed by atoms with Crippen molar-refractivity contribution in [3.05, 3.63) is 18.0 Å². The molecule has 6 nitrogen and oxygen atoms in total. The van der Waals surface area contributed by atoms with E-state index >= 15 is 0 Å². The van der Waals surface area contributed by atoms with Crippen LogP contribution in [0, 0.1) is 0 Å². The molecule has 0 saturated carbocycles. The lowest BCUT2D eigenvalue weighted by Gasteiger charge is -2.12. The lowest BCUT2D eigenvalue weighted by Crippen LogP contribution is -2.10. The van der Waals surface area contributed by atoms with Gasteiger partial charge in [0.15, 0.2) is 0 Å². The minimum atomic E-state index is -0.507. The average Bonchev–Trinajstić information content (AvgIpc) is 2.32. The summed E-state index contributed by atoms with van der Waals surface area (Å²) in [6.07, 6.45) is 1.09. The van der Waals surface area contributed by atoms with Crippen molar-refractivity contribution in [2.45, 2.75) is 6.29 Å². The Morgan fingerprint density at radius 2 is 1.94 bits per heavy atom. The van der Waals surface area contributed by atoms with E-state index in [1.807, 2.05) is 0 Å². The first-order valence-electron chi connectivity index (χ1n) is 4.82. The molecule has 0 N–H and O–H groups in total. The number of hydrogen-bond acceptors (Lipinski definition) is 6. The Hall–Kier alpha value is -1.24. The molecule has 0 unspecified atom stereocenters. The molecule has 0 fully saturated rings. The van der Waals surface area contributed by atoms with Crippen LogP contribution < -0.4 is 4.74 Å². The van der Waals surface area contributed by atoms with Crippen molar-refractivity contribution in [2.75, 3.05) is 34.5 Å². The average molecular weight is 228 g/mol. The smallest absolute Gasteiger partial charge is 0.316 e. The number of aromatic nitrogens is 2. The molecule has 16 heavy (non-hydrogen) atoms. The fourth-order valence-electron chi connectivity index (χ4n) is 1.11. The maximum atomic E-state index is 5.27. The van der Waals surface area contributed by atoms with Crippen LogP contribution in [0.3, 0.4) is 0 Å². The van der Waals surface area contributed by atoms with Crippen LogP contribution in [-0.2, 0) is 14.2 Å². The second-order valence-corrected chi connectivity index (χ2v) is 2.91. The molecule has 1 heterocycles. The van der Waals surface area contributed by atoms with Gasteiger partial charge in [-0.15, -0.1) is 0 Å². The molecular formula is C10H16N2O4. The van der Waals surface area contributed by atoms with Crippen molar-refractivity contribution in [1.29, 1.82) is 0 Å². The van der Waals surface area contributed by atoms with Crippen LogP contribution in [0.15, 0.2) is 12.3 Å². The van der Waals surface area contributed by atoms with Gasteiger partial charge in [-0.1, -0.05) is 0 Å². The highest BCUT2D eigenvalue weighted by molar-refractivity contribution is 5.06. The Morgan fingerprint density at radius 1 is 1.19 bits per heavy atom. The summed E-state index contributed by atoms with van der Waals surface area (Å²) in [4.78, 5) is 8.11. The van der Waals surface area contributed by atoms with Gasteiger partial charge in [0.05, 0.1) is 6.61 Å². The van der Waals surface area contributed by atoms with Crippen molar-refractivity contribution in [3.8, 4) is 6.01 Å². The molecule has 0 bridgehead atoms. The van der Waals surface area contributed by atoms with Crippen molar-refractivity contribution < 1.29 is 18.9 Å². The summed E-state index contributed by atoms with van der Waals surface area (Å²) >= 11 is 0. The van der Waals surface area contributed by atoms with Gasteiger partial charge in [-0.25, -0.2) is 4.98 Å². The van der Waals surface area contributed by atoms with Crippen LogP contribution in [0.2, 0.25) is 0 Å². The van der Waals surface area contributed by atoms with Crippen molar-refractivity contribution >= 4 is 0 Å². The predicted octanol–water partition coefficient (Wildman–Crippen LogP) is 0.793. The summed E-state index contributed by atoms with van der Waals surface area (Å²) < 4.78 is 20.3. The summed E-state index contributed by atoms with van der Waals surface area (Å²) in [5.74, 6) is 0. The molecule has 1 rings (SSSR count). The van der Waals surface area contributed by atoms with Crippen LogP contribution in [0.5, 0.6) is 6.01 Å². The maximum absolute atomic E-state index is 5.27. The molecule has 0 aromatic carbocycles. The van der Waals surface area contributed by atoms with Gasteiger partial charge in [0.2, 0.25) is 6.29 Å². The third-order valence-corrected chi connectivity index (χ3v) is 1.84. The third kappa shape index (κ3) is 3.73. The Morgan fingerprint density at radius 3 is 2.56 bits per heavy atom. The van der Waals surface area contributed by atoms with Crippen molar-refractivity contribution in [1.82, 2.24) is 9.97 Å². The summed E-state index contributed by atoms with van der Waals surface area (Å²) in [6.45, 7) is 0.899. The number of ether oxygens (including phenoxy) is 4. The number of rotatable bonds is 7. The van der Waals surface area contributed by atoms with E-state index in [-0.39, 0.29) is 6.01 Å². The largest absolute Gasteiger partial charge is 0.461 e. The van der Waals surface area contributed by atoms with Crippen LogP contribution in [-0.4, -0.2) is 44.5 Å². The Bertz CT molecular complexity index is 305. The number of hydrogen-bond donors (Lipinski definition) is 0. The molecule has 0 amide bonds. The Labute approximate surface area is 94.5 Å². The van der Waals surface area contributed by atoms with E-state index in [0.29, 0.717) is 18.9 Å².